The van der Waals surface area contributed by atoms with Crippen LogP contribution in [0.15, 0.2) is 48.5 Å². The molecule has 2 rings (SSSR count). The molecule has 0 bridgehead atoms. The highest BCUT2D eigenvalue weighted by molar-refractivity contribution is 6.31. The Balaban J connectivity index is 1.33. The van der Waals surface area contributed by atoms with E-state index in [1.54, 1.807) is 0 Å². The Morgan fingerprint density at radius 2 is 0.893 bits per heavy atom. The van der Waals surface area contributed by atoms with Crippen molar-refractivity contribution >= 4 is 23.2 Å². The standard InChI is InChI=1S/C24H34Cl2N2/c25-23-13-7-5-11-21(23)15-19-27-17-9-3-1-2-4-10-18-28-20-16-22-12-6-8-14-24(22)26/h5-8,11-14,27-28H,1-4,9-10,15-20H2. The molecule has 0 unspecified atom stereocenters. The lowest BCUT2D eigenvalue weighted by molar-refractivity contribution is 0.551. The number of rotatable bonds is 15. The summed E-state index contributed by atoms with van der Waals surface area (Å²) in [5, 5.41) is 8.81. The molecule has 2 aromatic carbocycles. The molecule has 0 aliphatic heterocycles. The number of unbranched alkanes of at least 4 members (excludes halogenated alkanes) is 5. The van der Waals surface area contributed by atoms with Crippen LogP contribution in [0.1, 0.15) is 49.7 Å². The minimum absolute atomic E-state index is 0.877. The van der Waals surface area contributed by atoms with Gasteiger partial charge >= 0.3 is 0 Å². The predicted molar refractivity (Wildman–Crippen MR) is 124 cm³/mol. The normalized spacial score (nSPS) is 11.1. The van der Waals surface area contributed by atoms with E-state index in [1.807, 2.05) is 24.3 Å². The third-order valence-corrected chi connectivity index (χ3v) is 5.75. The SMILES string of the molecule is Clc1ccccc1CCNCCCCCCCCNCCc1ccccc1Cl. The highest BCUT2D eigenvalue weighted by Crippen LogP contribution is 2.15. The fourth-order valence-corrected chi connectivity index (χ4v) is 3.77. The zero-order valence-corrected chi connectivity index (χ0v) is 18.4. The summed E-state index contributed by atoms with van der Waals surface area (Å²) >= 11 is 12.3. The summed E-state index contributed by atoms with van der Waals surface area (Å²) in [6, 6.07) is 16.2. The molecule has 0 spiro atoms. The predicted octanol–water partition coefficient (Wildman–Crippen LogP) is 6.30. The van der Waals surface area contributed by atoms with Crippen molar-refractivity contribution in [2.75, 3.05) is 26.2 Å². The Morgan fingerprint density at radius 1 is 0.500 bits per heavy atom. The van der Waals surface area contributed by atoms with Gasteiger partial charge in [0, 0.05) is 10.0 Å². The van der Waals surface area contributed by atoms with Crippen molar-refractivity contribution in [1.29, 1.82) is 0 Å². The molecular formula is C24H34Cl2N2. The van der Waals surface area contributed by atoms with E-state index in [1.165, 1.54) is 49.7 Å². The van der Waals surface area contributed by atoms with E-state index >= 15 is 0 Å². The van der Waals surface area contributed by atoms with Gasteiger partial charge in [-0.15, -0.1) is 0 Å². The number of halogens is 2. The molecule has 0 fully saturated rings. The quantitative estimate of drug-likeness (QED) is 0.330. The van der Waals surface area contributed by atoms with E-state index in [0.717, 1.165) is 49.1 Å². The van der Waals surface area contributed by atoms with E-state index < -0.39 is 0 Å². The zero-order valence-electron chi connectivity index (χ0n) is 16.9. The molecule has 0 aromatic heterocycles. The second kappa shape index (κ2) is 14.9. The number of hydrogen-bond acceptors (Lipinski definition) is 2. The first-order valence-electron chi connectivity index (χ1n) is 10.7. The molecule has 2 N–H and O–H groups in total. The summed E-state index contributed by atoms with van der Waals surface area (Å²) in [6.45, 7) is 4.22. The minimum Gasteiger partial charge on any atom is -0.316 e. The van der Waals surface area contributed by atoms with Crippen LogP contribution in [0, 0.1) is 0 Å². The van der Waals surface area contributed by atoms with E-state index in [-0.39, 0.29) is 0 Å². The summed E-state index contributed by atoms with van der Waals surface area (Å²) in [5.41, 5.74) is 2.47. The molecule has 4 heteroatoms. The Kier molecular flexibility index (Phi) is 12.3. The van der Waals surface area contributed by atoms with Gasteiger partial charge < -0.3 is 10.6 Å². The van der Waals surface area contributed by atoms with Gasteiger partial charge in [-0.05, 0) is 75.1 Å². The smallest absolute Gasteiger partial charge is 0.0438 e. The fourth-order valence-electron chi connectivity index (χ4n) is 3.31. The molecule has 0 aliphatic carbocycles. The van der Waals surface area contributed by atoms with Crippen LogP contribution in [0.25, 0.3) is 0 Å². The van der Waals surface area contributed by atoms with Gasteiger partial charge in [0.2, 0.25) is 0 Å². The molecule has 0 atom stereocenters. The van der Waals surface area contributed by atoms with Gasteiger partial charge in [0.05, 0.1) is 0 Å². The second-order valence-corrected chi connectivity index (χ2v) is 8.12. The van der Waals surface area contributed by atoms with Gasteiger partial charge in [-0.25, -0.2) is 0 Å². The first kappa shape index (κ1) is 23.2. The lowest BCUT2D eigenvalue weighted by Gasteiger charge is -2.07. The number of nitrogens with one attached hydrogen (secondary N) is 2. The molecule has 2 nitrogen and oxygen atoms in total. The molecule has 0 saturated heterocycles. The van der Waals surface area contributed by atoms with Gasteiger partial charge in [-0.3, -0.25) is 0 Å². The van der Waals surface area contributed by atoms with E-state index in [2.05, 4.69) is 34.9 Å². The largest absolute Gasteiger partial charge is 0.316 e. The Morgan fingerprint density at radius 3 is 1.32 bits per heavy atom. The van der Waals surface area contributed by atoms with Crippen molar-refractivity contribution in [2.45, 2.75) is 51.4 Å². The average molecular weight is 421 g/mol. The maximum Gasteiger partial charge on any atom is 0.0438 e. The third kappa shape index (κ3) is 9.93. The summed E-state index contributed by atoms with van der Waals surface area (Å²) in [6.07, 6.45) is 9.85. The maximum absolute atomic E-state index is 6.17. The minimum atomic E-state index is 0.877. The third-order valence-electron chi connectivity index (χ3n) is 5.02. The molecule has 0 heterocycles. The zero-order chi connectivity index (χ0) is 19.9. The molecule has 0 saturated carbocycles. The molecule has 28 heavy (non-hydrogen) atoms. The van der Waals surface area contributed by atoms with Crippen LogP contribution in [-0.4, -0.2) is 26.2 Å². The average Bonchev–Trinajstić information content (AvgIpc) is 2.71. The van der Waals surface area contributed by atoms with Gasteiger partial charge in [0.15, 0.2) is 0 Å². The first-order chi connectivity index (χ1) is 13.8. The van der Waals surface area contributed by atoms with Crippen LogP contribution >= 0.6 is 23.2 Å². The summed E-state index contributed by atoms with van der Waals surface area (Å²) < 4.78 is 0. The fraction of sp³-hybridized carbons (Fsp3) is 0.500. The van der Waals surface area contributed by atoms with Crippen LogP contribution in [0.2, 0.25) is 10.0 Å². The van der Waals surface area contributed by atoms with Crippen molar-refractivity contribution < 1.29 is 0 Å². The Hall–Kier alpha value is -1.06. The van der Waals surface area contributed by atoms with Crippen LogP contribution < -0.4 is 10.6 Å². The number of hydrogen-bond donors (Lipinski definition) is 2. The van der Waals surface area contributed by atoms with Crippen LogP contribution in [-0.2, 0) is 12.8 Å². The molecule has 0 aliphatic rings. The van der Waals surface area contributed by atoms with Gasteiger partial charge in [0.1, 0.15) is 0 Å². The van der Waals surface area contributed by atoms with Crippen molar-refractivity contribution in [2.24, 2.45) is 0 Å². The Bertz CT molecular complexity index is 603. The highest BCUT2D eigenvalue weighted by Gasteiger charge is 1.99. The van der Waals surface area contributed by atoms with Crippen LogP contribution in [0.5, 0.6) is 0 Å². The summed E-state index contributed by atoms with van der Waals surface area (Å²) in [7, 11) is 0. The molecule has 154 valence electrons. The molecule has 0 radical (unpaired) electrons. The Labute approximate surface area is 181 Å². The van der Waals surface area contributed by atoms with E-state index in [4.69, 9.17) is 23.2 Å². The van der Waals surface area contributed by atoms with Gasteiger partial charge in [-0.2, -0.15) is 0 Å². The topological polar surface area (TPSA) is 24.1 Å². The highest BCUT2D eigenvalue weighted by atomic mass is 35.5. The van der Waals surface area contributed by atoms with Gasteiger partial charge in [-0.1, -0.05) is 85.3 Å². The molecular weight excluding hydrogens is 387 g/mol. The summed E-state index contributed by atoms with van der Waals surface area (Å²) in [5.74, 6) is 0. The van der Waals surface area contributed by atoms with Crippen molar-refractivity contribution in [1.82, 2.24) is 10.6 Å². The van der Waals surface area contributed by atoms with Crippen LogP contribution in [0.4, 0.5) is 0 Å². The van der Waals surface area contributed by atoms with Crippen LogP contribution in [0.3, 0.4) is 0 Å². The molecule has 2 aromatic rings. The monoisotopic (exact) mass is 420 g/mol. The second-order valence-electron chi connectivity index (χ2n) is 7.30. The maximum atomic E-state index is 6.17. The first-order valence-corrected chi connectivity index (χ1v) is 11.4. The lowest BCUT2D eigenvalue weighted by atomic mass is 10.1. The molecule has 0 amide bonds. The summed E-state index contributed by atoms with van der Waals surface area (Å²) in [4.78, 5) is 0. The van der Waals surface area contributed by atoms with E-state index in [0.29, 0.717) is 0 Å². The lowest BCUT2D eigenvalue weighted by Crippen LogP contribution is -2.19. The van der Waals surface area contributed by atoms with Gasteiger partial charge in [0.25, 0.3) is 0 Å². The van der Waals surface area contributed by atoms with Crippen molar-refractivity contribution in [3.05, 3.63) is 69.7 Å². The van der Waals surface area contributed by atoms with Crippen molar-refractivity contribution in [3.63, 3.8) is 0 Å². The van der Waals surface area contributed by atoms with Crippen molar-refractivity contribution in [3.8, 4) is 0 Å². The number of benzene rings is 2. The van der Waals surface area contributed by atoms with E-state index in [9.17, 15) is 0 Å².